The molecule has 22 heavy (non-hydrogen) atoms. The highest BCUT2D eigenvalue weighted by atomic mass is 16.5. The van der Waals surface area contributed by atoms with Gasteiger partial charge in [-0.3, -0.25) is 14.4 Å². The van der Waals surface area contributed by atoms with Crippen LogP contribution >= 0.6 is 0 Å². The first kappa shape index (κ1) is 18.4. The van der Waals surface area contributed by atoms with E-state index in [0.29, 0.717) is 13.0 Å². The predicted octanol–water partition coefficient (Wildman–Crippen LogP) is 0.679. The Morgan fingerprint density at radius 2 is 1.77 bits per heavy atom. The first-order chi connectivity index (χ1) is 10.5. The van der Waals surface area contributed by atoms with Gasteiger partial charge in [-0.05, 0) is 25.7 Å². The third kappa shape index (κ3) is 7.40. The molecule has 0 aliphatic heterocycles. The molecule has 7 heteroatoms. The van der Waals surface area contributed by atoms with Crippen molar-refractivity contribution in [2.45, 2.75) is 51.0 Å². The van der Waals surface area contributed by atoms with E-state index in [-0.39, 0.29) is 36.8 Å². The summed E-state index contributed by atoms with van der Waals surface area (Å²) < 4.78 is 5.14. The van der Waals surface area contributed by atoms with Crippen LogP contribution in [0.25, 0.3) is 0 Å². The average Bonchev–Trinajstić information content (AvgIpc) is 2.41. The Labute approximate surface area is 130 Å². The van der Waals surface area contributed by atoms with Gasteiger partial charge < -0.3 is 20.5 Å². The lowest BCUT2D eigenvalue weighted by molar-refractivity contribution is -0.137. The lowest BCUT2D eigenvalue weighted by Gasteiger charge is -2.32. The molecule has 0 saturated heterocycles. The zero-order chi connectivity index (χ0) is 16.4. The van der Waals surface area contributed by atoms with Gasteiger partial charge >= 0.3 is 5.97 Å². The molecule has 7 nitrogen and oxygen atoms in total. The van der Waals surface area contributed by atoms with Crippen LogP contribution in [0.2, 0.25) is 0 Å². The molecule has 0 radical (unpaired) electrons. The molecule has 1 fully saturated rings. The van der Waals surface area contributed by atoms with Crippen molar-refractivity contribution in [3.63, 3.8) is 0 Å². The topological polar surface area (TPSA) is 105 Å². The van der Waals surface area contributed by atoms with Gasteiger partial charge in [-0.2, -0.15) is 0 Å². The van der Waals surface area contributed by atoms with E-state index >= 15 is 0 Å². The molecule has 0 bridgehead atoms. The van der Waals surface area contributed by atoms with E-state index in [1.54, 1.807) is 7.11 Å². The Kier molecular flexibility index (Phi) is 8.50. The summed E-state index contributed by atoms with van der Waals surface area (Å²) in [6.07, 6.45) is 4.62. The molecule has 1 aliphatic rings. The summed E-state index contributed by atoms with van der Waals surface area (Å²) in [5.41, 5.74) is 0. The van der Waals surface area contributed by atoms with Crippen LogP contribution in [0.4, 0.5) is 0 Å². The minimum Gasteiger partial charge on any atom is -0.481 e. The van der Waals surface area contributed by atoms with Crippen molar-refractivity contribution < 1.29 is 24.2 Å². The second kappa shape index (κ2) is 10.2. The zero-order valence-corrected chi connectivity index (χ0v) is 13.1. The van der Waals surface area contributed by atoms with E-state index in [2.05, 4.69) is 10.6 Å². The maximum Gasteiger partial charge on any atom is 0.305 e. The Bertz CT molecular complexity index is 380. The number of ether oxygens (including phenoxy) is 1. The van der Waals surface area contributed by atoms with E-state index in [9.17, 15) is 14.4 Å². The van der Waals surface area contributed by atoms with Crippen LogP contribution in [0.1, 0.15) is 44.9 Å². The smallest absolute Gasteiger partial charge is 0.305 e. The zero-order valence-electron chi connectivity index (χ0n) is 13.1. The number of hydrogen-bond donors (Lipinski definition) is 3. The fraction of sp³-hybridized carbons (Fsp3) is 0.800. The highest BCUT2D eigenvalue weighted by Crippen LogP contribution is 2.29. The minimum atomic E-state index is -0.917. The van der Waals surface area contributed by atoms with E-state index in [1.165, 1.54) is 0 Å². The van der Waals surface area contributed by atoms with Crippen LogP contribution in [0, 0.1) is 5.92 Å². The molecule has 0 atom stereocenters. The van der Waals surface area contributed by atoms with Crippen molar-refractivity contribution >= 4 is 17.8 Å². The third-order valence-electron chi connectivity index (χ3n) is 3.84. The molecule has 0 aromatic carbocycles. The second-order valence-electron chi connectivity index (χ2n) is 5.62. The van der Waals surface area contributed by atoms with Crippen molar-refractivity contribution in [3.05, 3.63) is 0 Å². The van der Waals surface area contributed by atoms with Crippen molar-refractivity contribution in [1.29, 1.82) is 0 Å². The number of unbranched alkanes of at least 4 members (excludes halogenated alkanes) is 2. The van der Waals surface area contributed by atoms with Gasteiger partial charge in [0.1, 0.15) is 0 Å². The normalized spacial score (nSPS) is 20.0. The lowest BCUT2D eigenvalue weighted by Crippen LogP contribution is -2.42. The molecule has 0 aromatic heterocycles. The Morgan fingerprint density at radius 3 is 2.41 bits per heavy atom. The Hall–Kier alpha value is -1.63. The van der Waals surface area contributed by atoms with Gasteiger partial charge in [0.2, 0.25) is 11.8 Å². The van der Waals surface area contributed by atoms with E-state index in [4.69, 9.17) is 9.84 Å². The number of methoxy groups -OCH3 is 1. The van der Waals surface area contributed by atoms with E-state index < -0.39 is 5.97 Å². The number of rotatable bonds is 11. The standard InChI is InChI=1S/C15H26N2O5/c1-22-12-9-11(10-12)15(21)17-7-4-2-3-5-13(18)16-8-6-14(19)20/h11-12H,2-10H2,1H3,(H,16,18)(H,17,21)(H,19,20). The summed E-state index contributed by atoms with van der Waals surface area (Å²) in [4.78, 5) is 33.4. The minimum absolute atomic E-state index is 0.0527. The number of carbonyl (C=O) groups excluding carboxylic acids is 2. The third-order valence-corrected chi connectivity index (χ3v) is 3.84. The monoisotopic (exact) mass is 314 g/mol. The highest BCUT2D eigenvalue weighted by molar-refractivity contribution is 5.79. The molecule has 1 saturated carbocycles. The molecule has 0 spiro atoms. The van der Waals surface area contributed by atoms with Gasteiger partial charge in [0.05, 0.1) is 12.5 Å². The highest BCUT2D eigenvalue weighted by Gasteiger charge is 2.34. The predicted molar refractivity (Wildman–Crippen MR) is 80.3 cm³/mol. The van der Waals surface area contributed by atoms with Crippen molar-refractivity contribution in [3.8, 4) is 0 Å². The average molecular weight is 314 g/mol. The number of amides is 2. The molecule has 126 valence electrons. The number of hydrogen-bond acceptors (Lipinski definition) is 4. The largest absolute Gasteiger partial charge is 0.481 e. The van der Waals surface area contributed by atoms with Crippen LogP contribution < -0.4 is 10.6 Å². The molecule has 1 aliphatic carbocycles. The first-order valence-electron chi connectivity index (χ1n) is 7.82. The van der Waals surface area contributed by atoms with Crippen LogP contribution in [0.3, 0.4) is 0 Å². The quantitative estimate of drug-likeness (QED) is 0.486. The fourth-order valence-electron chi connectivity index (χ4n) is 2.31. The van der Waals surface area contributed by atoms with Crippen LogP contribution in [-0.2, 0) is 19.1 Å². The van der Waals surface area contributed by atoms with Gasteiger partial charge in [0.25, 0.3) is 0 Å². The molecular weight excluding hydrogens is 288 g/mol. The van der Waals surface area contributed by atoms with Gasteiger partial charge in [0, 0.05) is 32.5 Å². The van der Waals surface area contributed by atoms with Crippen LogP contribution in [-0.4, -0.2) is 49.2 Å². The Morgan fingerprint density at radius 1 is 1.05 bits per heavy atom. The first-order valence-corrected chi connectivity index (χ1v) is 7.82. The molecule has 1 rings (SSSR count). The lowest BCUT2D eigenvalue weighted by atomic mass is 9.81. The molecule has 3 N–H and O–H groups in total. The summed E-state index contributed by atoms with van der Waals surface area (Å²) in [7, 11) is 1.66. The van der Waals surface area contributed by atoms with Gasteiger partial charge in [-0.1, -0.05) is 6.42 Å². The summed E-state index contributed by atoms with van der Waals surface area (Å²) >= 11 is 0. The number of nitrogens with one attached hydrogen (secondary N) is 2. The Balaban J connectivity index is 1.90. The molecule has 2 amide bonds. The summed E-state index contributed by atoms with van der Waals surface area (Å²) in [5, 5.41) is 13.9. The summed E-state index contributed by atoms with van der Waals surface area (Å²) in [6, 6.07) is 0. The maximum absolute atomic E-state index is 11.7. The summed E-state index contributed by atoms with van der Waals surface area (Å²) in [6.45, 7) is 0.807. The molecule has 0 aromatic rings. The number of carbonyl (C=O) groups is 3. The number of aliphatic carboxylic acids is 1. The van der Waals surface area contributed by atoms with Crippen LogP contribution in [0.15, 0.2) is 0 Å². The SMILES string of the molecule is COC1CC(C(=O)NCCCCCC(=O)NCCC(=O)O)C1. The number of carboxylic acids is 1. The second-order valence-corrected chi connectivity index (χ2v) is 5.62. The summed E-state index contributed by atoms with van der Waals surface area (Å²) in [5.74, 6) is -0.852. The van der Waals surface area contributed by atoms with Crippen molar-refractivity contribution in [2.24, 2.45) is 5.92 Å². The van der Waals surface area contributed by atoms with E-state index in [0.717, 1.165) is 32.1 Å². The number of carboxylic acid groups (broad SMARTS) is 1. The molecule has 0 unspecified atom stereocenters. The van der Waals surface area contributed by atoms with Crippen LogP contribution in [0.5, 0.6) is 0 Å². The fourth-order valence-corrected chi connectivity index (χ4v) is 2.31. The maximum atomic E-state index is 11.7. The van der Waals surface area contributed by atoms with Gasteiger partial charge in [-0.25, -0.2) is 0 Å². The van der Waals surface area contributed by atoms with E-state index in [1.807, 2.05) is 0 Å². The van der Waals surface area contributed by atoms with Gasteiger partial charge in [0.15, 0.2) is 0 Å². The molecule has 0 heterocycles. The van der Waals surface area contributed by atoms with Gasteiger partial charge in [-0.15, -0.1) is 0 Å². The molecular formula is C15H26N2O5. The van der Waals surface area contributed by atoms with Crippen molar-refractivity contribution in [2.75, 3.05) is 20.2 Å². The van der Waals surface area contributed by atoms with Crippen molar-refractivity contribution in [1.82, 2.24) is 10.6 Å².